The van der Waals surface area contributed by atoms with E-state index in [0.29, 0.717) is 18.7 Å². The van der Waals surface area contributed by atoms with E-state index < -0.39 is 39.8 Å². The van der Waals surface area contributed by atoms with Crippen molar-refractivity contribution in [3.05, 3.63) is 71.7 Å². The van der Waals surface area contributed by atoms with Crippen molar-refractivity contribution in [3.8, 4) is 5.75 Å². The number of benzene rings is 2. The van der Waals surface area contributed by atoms with E-state index in [0.717, 1.165) is 12.1 Å². The van der Waals surface area contributed by atoms with Crippen LogP contribution in [0.1, 0.15) is 35.3 Å². The Balaban J connectivity index is 1.59. The molecule has 0 saturated carbocycles. The SMILES string of the molecule is C[C@@H]1CN([C@H](C)CO)C(=O)c2cc(NS(=O)(=O)c3cn(C)cn3)ccc2O[C@H]1CN(C)Cc1ccc(C(F)(F)F)cc1. The molecule has 3 atom stereocenters. The smallest absolute Gasteiger partial charge is 0.416 e. The number of aryl methyl sites for hydroxylation is 1. The molecule has 0 saturated heterocycles. The van der Waals surface area contributed by atoms with Crippen LogP contribution in [0.15, 0.2) is 60.0 Å². The summed E-state index contributed by atoms with van der Waals surface area (Å²) in [5.74, 6) is -0.363. The van der Waals surface area contributed by atoms with Gasteiger partial charge in [0.25, 0.3) is 15.9 Å². The molecule has 2 heterocycles. The molecule has 0 bridgehead atoms. The first-order valence-electron chi connectivity index (χ1n) is 13.3. The minimum absolute atomic E-state index is 0.124. The van der Waals surface area contributed by atoms with Gasteiger partial charge in [0.15, 0.2) is 5.03 Å². The highest BCUT2D eigenvalue weighted by Crippen LogP contribution is 2.32. The number of carbonyl (C=O) groups is 1. The highest BCUT2D eigenvalue weighted by Gasteiger charge is 2.34. The number of likely N-dealkylation sites (N-methyl/N-ethyl adjacent to an activating group) is 1. The summed E-state index contributed by atoms with van der Waals surface area (Å²) in [6, 6.07) is 8.86. The number of sulfonamides is 1. The number of fused-ring (bicyclic) bond motifs is 1. The molecular formula is C28H34F3N5O5S. The van der Waals surface area contributed by atoms with Crippen molar-refractivity contribution >= 4 is 21.6 Å². The van der Waals surface area contributed by atoms with E-state index in [9.17, 15) is 31.5 Å². The van der Waals surface area contributed by atoms with Crippen LogP contribution in [0.25, 0.3) is 0 Å². The number of nitrogens with one attached hydrogen (secondary N) is 1. The van der Waals surface area contributed by atoms with Gasteiger partial charge in [-0.3, -0.25) is 14.4 Å². The molecule has 1 aliphatic heterocycles. The number of hydrogen-bond acceptors (Lipinski definition) is 7. The molecule has 2 aromatic carbocycles. The lowest BCUT2D eigenvalue weighted by molar-refractivity contribution is -0.137. The first-order valence-corrected chi connectivity index (χ1v) is 14.7. The van der Waals surface area contributed by atoms with Crippen molar-refractivity contribution in [1.82, 2.24) is 19.4 Å². The number of halogens is 3. The van der Waals surface area contributed by atoms with Crippen molar-refractivity contribution in [2.75, 3.05) is 31.5 Å². The first-order chi connectivity index (χ1) is 19.7. The molecule has 14 heteroatoms. The second kappa shape index (κ2) is 12.3. The number of nitrogens with zero attached hydrogens (tertiary/aromatic N) is 4. The van der Waals surface area contributed by atoms with Crippen LogP contribution in [0, 0.1) is 5.92 Å². The molecule has 228 valence electrons. The number of amides is 1. The lowest BCUT2D eigenvalue weighted by Crippen LogP contribution is -2.49. The van der Waals surface area contributed by atoms with Gasteiger partial charge >= 0.3 is 6.18 Å². The van der Waals surface area contributed by atoms with Crippen molar-refractivity contribution in [3.63, 3.8) is 0 Å². The maximum atomic E-state index is 13.6. The number of imidazole rings is 1. The number of hydrogen-bond donors (Lipinski definition) is 2. The predicted molar refractivity (Wildman–Crippen MR) is 149 cm³/mol. The summed E-state index contributed by atoms with van der Waals surface area (Å²) in [5.41, 5.74) is 0.239. The summed E-state index contributed by atoms with van der Waals surface area (Å²) in [4.78, 5) is 21.0. The monoisotopic (exact) mass is 609 g/mol. The Morgan fingerprint density at radius 2 is 1.90 bits per heavy atom. The number of alkyl halides is 3. The summed E-state index contributed by atoms with van der Waals surface area (Å²) in [6.45, 7) is 4.35. The second-order valence-electron chi connectivity index (χ2n) is 10.7. The van der Waals surface area contributed by atoms with E-state index in [4.69, 9.17) is 4.74 Å². The highest BCUT2D eigenvalue weighted by atomic mass is 32.2. The minimum atomic E-state index is -4.41. The summed E-state index contributed by atoms with van der Waals surface area (Å²) < 4.78 is 74.8. The Bertz CT molecular complexity index is 1510. The van der Waals surface area contributed by atoms with Crippen molar-refractivity contribution < 1.29 is 36.2 Å². The number of carbonyl (C=O) groups excluding carboxylic acids is 1. The van der Waals surface area contributed by atoms with Crippen LogP contribution >= 0.6 is 0 Å². The van der Waals surface area contributed by atoms with Crippen LogP contribution in [0.3, 0.4) is 0 Å². The lowest BCUT2D eigenvalue weighted by Gasteiger charge is -2.38. The molecule has 0 unspecified atom stereocenters. The van der Waals surface area contributed by atoms with E-state index in [-0.39, 0.29) is 41.1 Å². The molecule has 0 spiro atoms. The summed E-state index contributed by atoms with van der Waals surface area (Å²) in [5, 5.41) is 9.70. The topological polar surface area (TPSA) is 117 Å². The Labute approximate surface area is 242 Å². The number of aliphatic hydroxyl groups is 1. The van der Waals surface area contributed by atoms with Crippen LogP contribution in [-0.2, 0) is 29.8 Å². The Kier molecular flexibility index (Phi) is 9.18. The van der Waals surface area contributed by atoms with Crippen molar-refractivity contribution in [2.24, 2.45) is 13.0 Å². The maximum Gasteiger partial charge on any atom is 0.416 e. The molecular weight excluding hydrogens is 575 g/mol. The third-order valence-electron chi connectivity index (χ3n) is 7.10. The lowest BCUT2D eigenvalue weighted by atomic mass is 9.99. The van der Waals surface area contributed by atoms with Gasteiger partial charge in [-0.2, -0.15) is 21.6 Å². The molecule has 0 aliphatic carbocycles. The zero-order valence-corrected chi connectivity index (χ0v) is 24.5. The molecule has 10 nitrogen and oxygen atoms in total. The number of ether oxygens (including phenoxy) is 1. The highest BCUT2D eigenvalue weighted by molar-refractivity contribution is 7.92. The number of rotatable bonds is 9. The van der Waals surface area contributed by atoms with Crippen molar-refractivity contribution in [2.45, 2.75) is 43.7 Å². The van der Waals surface area contributed by atoms with Gasteiger partial charge in [-0.25, -0.2) is 4.98 Å². The first kappa shape index (κ1) is 31.3. The molecule has 2 N–H and O–H groups in total. The average molecular weight is 610 g/mol. The number of aliphatic hydroxyl groups excluding tert-OH is 1. The molecule has 1 aromatic heterocycles. The molecule has 0 radical (unpaired) electrons. The van der Waals surface area contributed by atoms with Gasteiger partial charge in [0, 0.05) is 44.5 Å². The largest absolute Gasteiger partial charge is 0.488 e. The summed E-state index contributed by atoms with van der Waals surface area (Å²) in [6.07, 6.45) is -2.15. The normalized spacial score (nSPS) is 18.7. The maximum absolute atomic E-state index is 13.6. The van der Waals surface area contributed by atoms with Gasteiger partial charge in [-0.1, -0.05) is 19.1 Å². The Morgan fingerprint density at radius 3 is 2.50 bits per heavy atom. The van der Waals surface area contributed by atoms with Gasteiger partial charge in [-0.05, 0) is 49.9 Å². The standard InChI is InChI=1S/C28H34F3N5O5S/c1-18-12-36(19(2)16-37)27(38)23-11-22(33-42(39,40)26-15-35(4)17-32-26)9-10-24(23)41-25(18)14-34(3)13-20-5-7-21(8-6-20)28(29,30)31/h5-11,15,17-19,25,33,37H,12-14,16H2,1-4H3/t18-,19-,25+/m1/s1. The van der Waals surface area contributed by atoms with Gasteiger partial charge in [0.1, 0.15) is 11.9 Å². The third kappa shape index (κ3) is 7.23. The molecule has 1 aliphatic rings. The molecule has 3 aromatic rings. The van der Waals surface area contributed by atoms with Crippen molar-refractivity contribution in [1.29, 1.82) is 0 Å². The fourth-order valence-corrected chi connectivity index (χ4v) is 5.75. The predicted octanol–water partition coefficient (Wildman–Crippen LogP) is 3.59. The zero-order chi connectivity index (χ0) is 30.8. The second-order valence-corrected chi connectivity index (χ2v) is 12.3. The van der Waals surface area contributed by atoms with Crippen LogP contribution in [0.5, 0.6) is 5.75 Å². The zero-order valence-electron chi connectivity index (χ0n) is 23.7. The molecule has 42 heavy (non-hydrogen) atoms. The van der Waals surface area contributed by atoms with E-state index in [2.05, 4.69) is 9.71 Å². The summed E-state index contributed by atoms with van der Waals surface area (Å²) in [7, 11) is -0.557. The molecule has 0 fully saturated rings. The Hall–Kier alpha value is -3.62. The number of aromatic nitrogens is 2. The van der Waals surface area contributed by atoms with E-state index >= 15 is 0 Å². The van der Waals surface area contributed by atoms with Gasteiger partial charge < -0.3 is 19.3 Å². The van der Waals surface area contributed by atoms with Gasteiger partial charge in [0.2, 0.25) is 0 Å². The van der Waals surface area contributed by atoms with Gasteiger partial charge in [0.05, 0.1) is 30.1 Å². The fourth-order valence-electron chi connectivity index (χ4n) is 4.72. The van der Waals surface area contributed by atoms with Crippen LogP contribution in [-0.4, -0.2) is 77.7 Å². The third-order valence-corrected chi connectivity index (χ3v) is 8.36. The van der Waals surface area contributed by atoms with Crippen LogP contribution in [0.2, 0.25) is 0 Å². The Morgan fingerprint density at radius 1 is 1.21 bits per heavy atom. The van der Waals surface area contributed by atoms with E-state index in [1.165, 1.54) is 52.3 Å². The van der Waals surface area contributed by atoms with E-state index in [1.54, 1.807) is 14.0 Å². The quantitative estimate of drug-likeness (QED) is 0.381. The average Bonchev–Trinajstić information content (AvgIpc) is 3.37. The van der Waals surface area contributed by atoms with E-state index in [1.807, 2.05) is 18.9 Å². The number of anilines is 1. The van der Waals surface area contributed by atoms with Crippen LogP contribution < -0.4 is 9.46 Å². The molecule has 4 rings (SSSR count). The summed E-state index contributed by atoms with van der Waals surface area (Å²) >= 11 is 0. The van der Waals surface area contributed by atoms with Gasteiger partial charge in [-0.15, -0.1) is 0 Å². The molecule has 1 amide bonds. The fraction of sp³-hybridized carbons (Fsp3) is 0.429. The minimum Gasteiger partial charge on any atom is -0.488 e. The van der Waals surface area contributed by atoms with Crippen LogP contribution in [0.4, 0.5) is 18.9 Å².